The maximum Gasteiger partial charge on any atom is 0.246 e. The summed E-state index contributed by atoms with van der Waals surface area (Å²) >= 11 is 0. The van der Waals surface area contributed by atoms with Crippen molar-refractivity contribution in [1.82, 2.24) is 9.62 Å². The molecule has 0 amide bonds. The summed E-state index contributed by atoms with van der Waals surface area (Å²) in [5, 5.41) is 3.39. The van der Waals surface area contributed by atoms with Crippen molar-refractivity contribution >= 4 is 10.0 Å². The molecule has 2 aromatic carbocycles. The Balaban J connectivity index is 2.07. The van der Waals surface area contributed by atoms with Crippen molar-refractivity contribution < 1.29 is 27.0 Å². The van der Waals surface area contributed by atoms with Crippen LogP contribution in [-0.2, 0) is 16.4 Å². The van der Waals surface area contributed by atoms with E-state index < -0.39 is 10.0 Å². The Kier molecular flexibility index (Phi) is 15.4. The summed E-state index contributed by atoms with van der Waals surface area (Å²) in [7, 11) is -0.684. The van der Waals surface area contributed by atoms with Gasteiger partial charge in [-0.2, -0.15) is 4.31 Å². The van der Waals surface area contributed by atoms with Gasteiger partial charge in [0.25, 0.3) is 0 Å². The Morgan fingerprint density at radius 2 is 1.48 bits per heavy atom. The number of methoxy groups -OCH3 is 2. The van der Waals surface area contributed by atoms with Crippen molar-refractivity contribution in [2.75, 3.05) is 40.5 Å². The number of halogens is 1. The van der Waals surface area contributed by atoms with Gasteiger partial charge >= 0.3 is 0 Å². The van der Waals surface area contributed by atoms with Gasteiger partial charge in [0.15, 0.2) is 11.5 Å². The van der Waals surface area contributed by atoms with E-state index in [1.54, 1.807) is 16.4 Å². The molecule has 0 aliphatic carbocycles. The highest BCUT2D eigenvalue weighted by Crippen LogP contribution is 2.30. The van der Waals surface area contributed by atoms with Gasteiger partial charge in [-0.3, -0.25) is 0 Å². The molecule has 0 fully saturated rings. The van der Waals surface area contributed by atoms with Gasteiger partial charge in [-0.15, -0.1) is 0 Å². The molecule has 0 saturated heterocycles. The Morgan fingerprint density at radius 1 is 0.850 bits per heavy atom. The van der Waals surface area contributed by atoms with Crippen LogP contribution in [0, 0.1) is 5.82 Å². The molecule has 0 aliphatic rings. The standard InChI is InChI=1S/C31H49FN2O5S/c1-6-8-10-12-19-34(20-13-11-9-7-2)40(35,36)31-23-26(14-16-29(31)38-5)22-25(3)33-18-21-39-30-24-27(32)15-17-28(30)37-4/h14-17,23-25,33H,6-13,18-22H2,1-5H3. The third kappa shape index (κ3) is 10.9. The Labute approximate surface area is 241 Å². The minimum Gasteiger partial charge on any atom is -0.495 e. The van der Waals surface area contributed by atoms with Gasteiger partial charge in [0, 0.05) is 31.7 Å². The van der Waals surface area contributed by atoms with Crippen LogP contribution in [-0.4, -0.2) is 59.2 Å². The van der Waals surface area contributed by atoms with Crippen LogP contribution >= 0.6 is 0 Å². The summed E-state index contributed by atoms with van der Waals surface area (Å²) < 4.78 is 59.4. The van der Waals surface area contributed by atoms with Crippen LogP contribution in [0.2, 0.25) is 0 Å². The van der Waals surface area contributed by atoms with Crippen LogP contribution in [0.1, 0.15) is 77.7 Å². The van der Waals surface area contributed by atoms with Crippen molar-refractivity contribution in [3.63, 3.8) is 0 Å². The summed E-state index contributed by atoms with van der Waals surface area (Å²) in [5.41, 5.74) is 0.906. The molecule has 1 N–H and O–H groups in total. The zero-order valence-electron chi connectivity index (χ0n) is 25.0. The van der Waals surface area contributed by atoms with E-state index in [9.17, 15) is 12.8 Å². The van der Waals surface area contributed by atoms with Crippen molar-refractivity contribution in [3.05, 3.63) is 47.8 Å². The van der Waals surface area contributed by atoms with Crippen LogP contribution in [0.5, 0.6) is 17.2 Å². The molecule has 2 rings (SSSR count). The molecule has 0 bridgehead atoms. The van der Waals surface area contributed by atoms with Gasteiger partial charge in [0.2, 0.25) is 10.0 Å². The van der Waals surface area contributed by atoms with Gasteiger partial charge < -0.3 is 19.5 Å². The normalized spacial score (nSPS) is 12.5. The van der Waals surface area contributed by atoms with E-state index in [0.29, 0.717) is 49.9 Å². The molecular weight excluding hydrogens is 531 g/mol. The fraction of sp³-hybridized carbons (Fsp3) is 0.613. The molecule has 7 nitrogen and oxygen atoms in total. The van der Waals surface area contributed by atoms with Gasteiger partial charge in [0.05, 0.1) is 14.2 Å². The molecule has 0 radical (unpaired) electrons. The largest absolute Gasteiger partial charge is 0.495 e. The quantitative estimate of drug-likeness (QED) is 0.168. The van der Waals surface area contributed by atoms with Gasteiger partial charge in [-0.05, 0) is 56.0 Å². The van der Waals surface area contributed by atoms with Crippen LogP contribution in [0.3, 0.4) is 0 Å². The van der Waals surface area contributed by atoms with Crippen LogP contribution in [0.4, 0.5) is 4.39 Å². The molecule has 0 aromatic heterocycles. The lowest BCUT2D eigenvalue weighted by atomic mass is 10.1. The maximum atomic E-state index is 13.9. The average Bonchev–Trinajstić information content (AvgIpc) is 2.94. The van der Waals surface area contributed by atoms with Crippen molar-refractivity contribution in [1.29, 1.82) is 0 Å². The predicted molar refractivity (Wildman–Crippen MR) is 160 cm³/mol. The lowest BCUT2D eigenvalue weighted by Gasteiger charge is -2.24. The number of ether oxygens (including phenoxy) is 3. The first-order valence-electron chi connectivity index (χ1n) is 14.6. The Bertz CT molecular complexity index is 1100. The summed E-state index contributed by atoms with van der Waals surface area (Å²) in [5.74, 6) is 0.818. The Hall–Kier alpha value is -2.36. The van der Waals surface area contributed by atoms with Crippen LogP contribution in [0.25, 0.3) is 0 Å². The number of rotatable bonds is 21. The molecule has 226 valence electrons. The van der Waals surface area contributed by atoms with Crippen molar-refractivity contribution in [2.45, 2.75) is 89.5 Å². The van der Waals surface area contributed by atoms with Gasteiger partial charge in [-0.1, -0.05) is 58.4 Å². The summed E-state index contributed by atoms with van der Waals surface area (Å²) in [4.78, 5) is 0.229. The molecule has 0 heterocycles. The number of hydrogen-bond acceptors (Lipinski definition) is 6. The highest BCUT2D eigenvalue weighted by atomic mass is 32.2. The molecule has 9 heteroatoms. The van der Waals surface area contributed by atoms with Crippen LogP contribution in [0.15, 0.2) is 41.3 Å². The lowest BCUT2D eigenvalue weighted by Crippen LogP contribution is -2.34. The number of hydrogen-bond donors (Lipinski definition) is 1. The zero-order valence-corrected chi connectivity index (χ0v) is 25.8. The number of sulfonamides is 1. The minimum absolute atomic E-state index is 0.0566. The number of unbranched alkanes of at least 4 members (excludes halogenated alkanes) is 6. The Morgan fingerprint density at radius 3 is 2.08 bits per heavy atom. The smallest absolute Gasteiger partial charge is 0.246 e. The van der Waals surface area contributed by atoms with E-state index in [1.165, 1.54) is 32.4 Å². The summed E-state index contributed by atoms with van der Waals surface area (Å²) in [6, 6.07) is 9.64. The summed E-state index contributed by atoms with van der Waals surface area (Å²) in [6.45, 7) is 8.25. The average molecular weight is 581 g/mol. The molecule has 0 spiro atoms. The molecule has 2 aromatic rings. The molecular formula is C31H49FN2O5S. The first kappa shape index (κ1) is 33.8. The predicted octanol–water partition coefficient (Wildman–Crippen LogP) is 6.59. The first-order chi connectivity index (χ1) is 19.3. The number of nitrogens with zero attached hydrogens (tertiary/aromatic N) is 1. The topological polar surface area (TPSA) is 77.1 Å². The molecule has 1 atom stereocenters. The molecule has 0 aliphatic heterocycles. The summed E-state index contributed by atoms with van der Waals surface area (Å²) in [6.07, 6.45) is 8.81. The molecule has 40 heavy (non-hydrogen) atoms. The van der Waals surface area contributed by atoms with Crippen LogP contribution < -0.4 is 19.5 Å². The fourth-order valence-corrected chi connectivity index (χ4v) is 6.35. The van der Waals surface area contributed by atoms with E-state index in [1.807, 2.05) is 13.0 Å². The number of nitrogens with one attached hydrogen (secondary N) is 1. The van der Waals surface area contributed by atoms with Gasteiger partial charge in [-0.25, -0.2) is 12.8 Å². The first-order valence-corrected chi connectivity index (χ1v) is 16.1. The monoisotopic (exact) mass is 580 g/mol. The minimum atomic E-state index is -3.71. The second-order valence-electron chi connectivity index (χ2n) is 10.2. The van der Waals surface area contributed by atoms with Crippen molar-refractivity contribution in [3.8, 4) is 17.2 Å². The molecule has 0 saturated carbocycles. The second-order valence-corrected chi connectivity index (χ2v) is 12.1. The molecule has 1 unspecified atom stereocenters. The third-order valence-corrected chi connectivity index (χ3v) is 8.81. The van der Waals surface area contributed by atoms with E-state index in [0.717, 1.165) is 56.9 Å². The SMILES string of the molecule is CCCCCCN(CCCCCC)S(=O)(=O)c1cc(CC(C)NCCOc2cc(F)ccc2OC)ccc1OC. The highest BCUT2D eigenvalue weighted by Gasteiger charge is 2.28. The number of benzene rings is 2. The second kappa shape index (κ2) is 18.1. The van der Waals surface area contributed by atoms with E-state index >= 15 is 0 Å². The fourth-order valence-electron chi connectivity index (χ4n) is 4.63. The van der Waals surface area contributed by atoms with E-state index in [4.69, 9.17) is 14.2 Å². The van der Waals surface area contributed by atoms with E-state index in [2.05, 4.69) is 19.2 Å². The van der Waals surface area contributed by atoms with Crippen molar-refractivity contribution in [2.24, 2.45) is 0 Å². The highest BCUT2D eigenvalue weighted by molar-refractivity contribution is 7.89. The van der Waals surface area contributed by atoms with E-state index in [-0.39, 0.29) is 16.8 Å². The zero-order chi connectivity index (χ0) is 29.4. The lowest BCUT2D eigenvalue weighted by molar-refractivity contribution is 0.285. The maximum absolute atomic E-state index is 13.9. The third-order valence-electron chi connectivity index (χ3n) is 6.89. The van der Waals surface area contributed by atoms with Gasteiger partial charge in [0.1, 0.15) is 23.1 Å².